The highest BCUT2D eigenvalue weighted by Gasteiger charge is 2.19. The van der Waals surface area contributed by atoms with Crippen LogP contribution in [0.2, 0.25) is 0 Å². The van der Waals surface area contributed by atoms with Gasteiger partial charge < -0.3 is 0 Å². The molecule has 6 heteroatoms. The van der Waals surface area contributed by atoms with E-state index in [2.05, 4.69) is 20.9 Å². The molecule has 0 aliphatic rings. The lowest BCUT2D eigenvalue weighted by Crippen LogP contribution is -2.00. The summed E-state index contributed by atoms with van der Waals surface area (Å²) in [5.74, 6) is 0. The molecule has 1 aromatic rings. The fourth-order valence-corrected chi connectivity index (χ4v) is 1.71. The maximum atomic E-state index is 12.6. The van der Waals surface area contributed by atoms with Crippen molar-refractivity contribution in [3.05, 3.63) is 27.5 Å². The third-order valence-corrected chi connectivity index (χ3v) is 2.30. The van der Waals surface area contributed by atoms with Crippen molar-refractivity contribution in [2.75, 3.05) is 0 Å². The first kappa shape index (κ1) is 11.5. The van der Waals surface area contributed by atoms with E-state index in [1.807, 2.05) is 0 Å². The molecule has 0 unspecified atom stereocenters. The van der Waals surface area contributed by atoms with E-state index in [1.54, 1.807) is 12.1 Å². The van der Waals surface area contributed by atoms with Gasteiger partial charge >= 0.3 is 0 Å². The molecule has 0 spiro atoms. The standard InChI is InChI=1S/C9H4BrF2N3/c10-8-7(9(11)12)5(1-2-13)3-6(4-14)15-8/h3,9H,1H2. The van der Waals surface area contributed by atoms with Crippen LogP contribution in [0.4, 0.5) is 8.78 Å². The van der Waals surface area contributed by atoms with Crippen LogP contribution in [-0.2, 0) is 6.42 Å². The molecule has 0 saturated heterocycles. The summed E-state index contributed by atoms with van der Waals surface area (Å²) >= 11 is 2.86. The van der Waals surface area contributed by atoms with Gasteiger partial charge in [0.2, 0.25) is 0 Å². The molecule has 0 N–H and O–H groups in total. The Hall–Kier alpha value is -1.53. The van der Waals surface area contributed by atoms with Gasteiger partial charge in [0.25, 0.3) is 6.43 Å². The van der Waals surface area contributed by atoms with Crippen molar-refractivity contribution in [3.63, 3.8) is 0 Å². The number of aromatic nitrogens is 1. The van der Waals surface area contributed by atoms with Gasteiger partial charge in [0.1, 0.15) is 16.4 Å². The van der Waals surface area contributed by atoms with Crippen LogP contribution in [-0.4, -0.2) is 4.98 Å². The van der Waals surface area contributed by atoms with E-state index in [4.69, 9.17) is 10.5 Å². The molecule has 0 fully saturated rings. The molecule has 0 aliphatic carbocycles. The Bertz CT molecular complexity index is 460. The highest BCUT2D eigenvalue weighted by molar-refractivity contribution is 9.10. The molecule has 0 radical (unpaired) electrons. The summed E-state index contributed by atoms with van der Waals surface area (Å²) < 4.78 is 25.1. The number of nitriles is 2. The largest absolute Gasteiger partial charge is 0.266 e. The second-order valence-corrected chi connectivity index (χ2v) is 3.37. The minimum Gasteiger partial charge on any atom is -0.230 e. The predicted molar refractivity (Wildman–Crippen MR) is 50.9 cm³/mol. The average Bonchev–Trinajstić information content (AvgIpc) is 2.16. The molecular weight excluding hydrogens is 268 g/mol. The number of nitrogens with zero attached hydrogens (tertiary/aromatic N) is 3. The van der Waals surface area contributed by atoms with Crippen LogP contribution in [0.15, 0.2) is 10.7 Å². The monoisotopic (exact) mass is 271 g/mol. The smallest absolute Gasteiger partial charge is 0.230 e. The van der Waals surface area contributed by atoms with Gasteiger partial charge in [-0.15, -0.1) is 0 Å². The van der Waals surface area contributed by atoms with Gasteiger partial charge in [-0.25, -0.2) is 13.8 Å². The summed E-state index contributed by atoms with van der Waals surface area (Å²) in [5, 5.41) is 17.0. The summed E-state index contributed by atoms with van der Waals surface area (Å²) in [6.45, 7) is 0. The number of halogens is 3. The number of hydrogen-bond acceptors (Lipinski definition) is 3. The number of rotatable bonds is 2. The lowest BCUT2D eigenvalue weighted by atomic mass is 10.1. The molecule has 1 rings (SSSR count). The second-order valence-electron chi connectivity index (χ2n) is 2.62. The summed E-state index contributed by atoms with van der Waals surface area (Å²) in [4.78, 5) is 3.62. The van der Waals surface area contributed by atoms with Gasteiger partial charge in [-0.1, -0.05) is 0 Å². The van der Waals surface area contributed by atoms with Crippen LogP contribution in [0.25, 0.3) is 0 Å². The van der Waals surface area contributed by atoms with Gasteiger partial charge in [0.05, 0.1) is 18.1 Å². The van der Waals surface area contributed by atoms with Crippen LogP contribution in [0.5, 0.6) is 0 Å². The minimum absolute atomic E-state index is 0.0107. The van der Waals surface area contributed by atoms with Crippen molar-refractivity contribution < 1.29 is 8.78 Å². The summed E-state index contributed by atoms with van der Waals surface area (Å²) in [6.07, 6.45) is -2.89. The van der Waals surface area contributed by atoms with Crippen LogP contribution in [0.1, 0.15) is 23.2 Å². The van der Waals surface area contributed by atoms with Crippen LogP contribution < -0.4 is 0 Å². The Balaban J connectivity index is 3.38. The van der Waals surface area contributed by atoms with Crippen LogP contribution in [0, 0.1) is 22.7 Å². The Kier molecular flexibility index (Phi) is 3.70. The van der Waals surface area contributed by atoms with Crippen molar-refractivity contribution in [3.8, 4) is 12.1 Å². The van der Waals surface area contributed by atoms with Gasteiger partial charge in [0.15, 0.2) is 0 Å². The predicted octanol–water partition coefficient (Wildman–Crippen LogP) is 2.72. The maximum absolute atomic E-state index is 12.6. The molecule has 76 valence electrons. The first-order valence-corrected chi connectivity index (χ1v) is 4.64. The lowest BCUT2D eigenvalue weighted by Gasteiger charge is -2.07. The molecule has 0 atom stereocenters. The highest BCUT2D eigenvalue weighted by Crippen LogP contribution is 2.30. The van der Waals surface area contributed by atoms with Gasteiger partial charge in [-0.3, -0.25) is 0 Å². The van der Waals surface area contributed by atoms with Crippen molar-refractivity contribution in [2.45, 2.75) is 12.8 Å². The van der Waals surface area contributed by atoms with Gasteiger partial charge in [-0.2, -0.15) is 10.5 Å². The van der Waals surface area contributed by atoms with Gasteiger partial charge in [0, 0.05) is 0 Å². The molecule has 1 aromatic heterocycles. The summed E-state index contributed by atoms with van der Waals surface area (Å²) in [6, 6.07) is 4.71. The third-order valence-electron chi connectivity index (χ3n) is 1.70. The molecule has 0 saturated carbocycles. The van der Waals surface area contributed by atoms with Crippen molar-refractivity contribution in [2.24, 2.45) is 0 Å². The van der Waals surface area contributed by atoms with E-state index in [0.717, 1.165) is 0 Å². The number of hydrogen-bond donors (Lipinski definition) is 0. The van der Waals surface area contributed by atoms with Crippen LogP contribution >= 0.6 is 15.9 Å². The maximum Gasteiger partial charge on any atom is 0.266 e. The zero-order valence-electron chi connectivity index (χ0n) is 7.34. The molecule has 1 heterocycles. The topological polar surface area (TPSA) is 60.5 Å². The Labute approximate surface area is 93.1 Å². The fourth-order valence-electron chi connectivity index (χ4n) is 1.09. The lowest BCUT2D eigenvalue weighted by molar-refractivity contribution is 0.149. The minimum atomic E-state index is -2.72. The van der Waals surface area contributed by atoms with Crippen molar-refractivity contribution in [1.29, 1.82) is 10.5 Å². The Morgan fingerprint density at radius 2 is 2.13 bits per heavy atom. The van der Waals surface area contributed by atoms with Crippen molar-refractivity contribution >= 4 is 15.9 Å². The van der Waals surface area contributed by atoms with E-state index < -0.39 is 6.43 Å². The van der Waals surface area contributed by atoms with Gasteiger partial charge in [-0.05, 0) is 27.6 Å². The van der Waals surface area contributed by atoms with Crippen molar-refractivity contribution in [1.82, 2.24) is 4.98 Å². The molecule has 0 amide bonds. The van der Waals surface area contributed by atoms with E-state index in [0.29, 0.717) is 0 Å². The van der Waals surface area contributed by atoms with E-state index in [-0.39, 0.29) is 27.8 Å². The fraction of sp³-hybridized carbons (Fsp3) is 0.222. The zero-order chi connectivity index (χ0) is 11.4. The molecule has 15 heavy (non-hydrogen) atoms. The molecule has 0 bridgehead atoms. The zero-order valence-corrected chi connectivity index (χ0v) is 8.92. The third kappa shape index (κ3) is 2.48. The molecule has 0 aliphatic heterocycles. The molecular formula is C9H4BrF2N3. The Morgan fingerprint density at radius 1 is 1.47 bits per heavy atom. The number of alkyl halides is 2. The summed E-state index contributed by atoms with van der Waals surface area (Å²) in [7, 11) is 0. The van der Waals surface area contributed by atoms with Crippen LogP contribution in [0.3, 0.4) is 0 Å². The number of pyridine rings is 1. The highest BCUT2D eigenvalue weighted by atomic mass is 79.9. The SMILES string of the molecule is N#CCc1cc(C#N)nc(Br)c1C(F)F. The average molecular weight is 272 g/mol. The first-order chi connectivity index (χ1) is 7.10. The second kappa shape index (κ2) is 4.81. The normalized spacial score (nSPS) is 9.73. The van der Waals surface area contributed by atoms with E-state index >= 15 is 0 Å². The summed E-state index contributed by atoms with van der Waals surface area (Å²) in [5.41, 5.74) is -0.182. The Morgan fingerprint density at radius 3 is 2.60 bits per heavy atom. The van der Waals surface area contributed by atoms with E-state index in [1.165, 1.54) is 6.07 Å². The first-order valence-electron chi connectivity index (χ1n) is 3.84. The molecule has 0 aromatic carbocycles. The van der Waals surface area contributed by atoms with E-state index in [9.17, 15) is 8.78 Å². The molecule has 3 nitrogen and oxygen atoms in total. The quantitative estimate of drug-likeness (QED) is 0.777.